The third kappa shape index (κ3) is 7.05. The van der Waals surface area contributed by atoms with Crippen molar-refractivity contribution in [3.8, 4) is 5.75 Å². The lowest BCUT2D eigenvalue weighted by molar-refractivity contribution is -0.121. The van der Waals surface area contributed by atoms with Crippen LogP contribution in [0.3, 0.4) is 0 Å². The molecule has 0 aliphatic carbocycles. The number of urea groups is 1. The Morgan fingerprint density at radius 3 is 2.30 bits per heavy atom. The minimum absolute atomic E-state index is 0.0454. The second-order valence-corrected chi connectivity index (χ2v) is 8.09. The molecule has 2 aromatic rings. The Labute approximate surface area is 194 Å². The van der Waals surface area contributed by atoms with Crippen LogP contribution < -0.4 is 15.4 Å². The SMILES string of the molecule is CCCN(CC(=O)NC(=O)Nc1ccc(OC)cc1)C1CCN(C(=O)c2ccccc2)CC1. The van der Waals surface area contributed by atoms with E-state index in [1.165, 1.54) is 0 Å². The summed E-state index contributed by atoms with van der Waals surface area (Å²) in [7, 11) is 1.57. The third-order valence-corrected chi connectivity index (χ3v) is 5.75. The molecule has 0 bridgehead atoms. The van der Waals surface area contributed by atoms with E-state index in [9.17, 15) is 14.4 Å². The molecule has 176 valence electrons. The van der Waals surface area contributed by atoms with Gasteiger partial charge in [-0.1, -0.05) is 25.1 Å². The second-order valence-electron chi connectivity index (χ2n) is 8.09. The van der Waals surface area contributed by atoms with Gasteiger partial charge in [0, 0.05) is 30.4 Å². The van der Waals surface area contributed by atoms with E-state index in [1.54, 1.807) is 31.4 Å². The van der Waals surface area contributed by atoms with E-state index in [0.29, 0.717) is 30.1 Å². The highest BCUT2D eigenvalue weighted by molar-refractivity contribution is 6.01. The number of piperidine rings is 1. The number of anilines is 1. The molecule has 2 N–H and O–H groups in total. The number of ether oxygens (including phenoxy) is 1. The number of imide groups is 1. The Morgan fingerprint density at radius 1 is 1.03 bits per heavy atom. The minimum Gasteiger partial charge on any atom is -0.497 e. The van der Waals surface area contributed by atoms with Crippen LogP contribution in [0.1, 0.15) is 36.5 Å². The summed E-state index contributed by atoms with van der Waals surface area (Å²) in [4.78, 5) is 41.4. The number of carbonyl (C=O) groups is 3. The number of nitrogens with zero attached hydrogens (tertiary/aromatic N) is 2. The van der Waals surface area contributed by atoms with Crippen LogP contribution in [-0.4, -0.2) is 67.0 Å². The van der Waals surface area contributed by atoms with E-state index in [1.807, 2.05) is 35.2 Å². The molecular weight excluding hydrogens is 420 g/mol. The Morgan fingerprint density at radius 2 is 1.70 bits per heavy atom. The number of rotatable bonds is 8. The predicted molar refractivity (Wildman–Crippen MR) is 127 cm³/mol. The van der Waals surface area contributed by atoms with Crippen molar-refractivity contribution >= 4 is 23.5 Å². The quantitative estimate of drug-likeness (QED) is 0.641. The molecular formula is C25H32N4O4. The minimum atomic E-state index is -0.565. The number of likely N-dealkylation sites (tertiary alicyclic amines) is 1. The maximum Gasteiger partial charge on any atom is 0.325 e. The number of amides is 4. The highest BCUT2D eigenvalue weighted by Crippen LogP contribution is 2.19. The van der Waals surface area contributed by atoms with E-state index in [0.717, 1.165) is 25.8 Å². The molecule has 1 aliphatic rings. The van der Waals surface area contributed by atoms with Crippen molar-refractivity contribution < 1.29 is 19.1 Å². The van der Waals surface area contributed by atoms with Gasteiger partial charge >= 0.3 is 6.03 Å². The van der Waals surface area contributed by atoms with Gasteiger partial charge in [-0.15, -0.1) is 0 Å². The van der Waals surface area contributed by atoms with Crippen LogP contribution in [0.2, 0.25) is 0 Å². The Bertz CT molecular complexity index is 925. The first kappa shape index (κ1) is 24.3. The van der Waals surface area contributed by atoms with Gasteiger partial charge in [0.05, 0.1) is 13.7 Å². The topological polar surface area (TPSA) is 91.0 Å². The summed E-state index contributed by atoms with van der Waals surface area (Å²) < 4.78 is 5.10. The van der Waals surface area contributed by atoms with Crippen LogP contribution in [0.4, 0.5) is 10.5 Å². The number of benzene rings is 2. The van der Waals surface area contributed by atoms with Gasteiger partial charge < -0.3 is 15.0 Å². The molecule has 1 heterocycles. The zero-order valence-electron chi connectivity index (χ0n) is 19.3. The molecule has 1 saturated heterocycles. The summed E-state index contributed by atoms with van der Waals surface area (Å²) in [5, 5.41) is 5.06. The van der Waals surface area contributed by atoms with Crippen LogP contribution >= 0.6 is 0 Å². The van der Waals surface area contributed by atoms with E-state index >= 15 is 0 Å². The van der Waals surface area contributed by atoms with Gasteiger partial charge in [-0.3, -0.25) is 19.8 Å². The largest absolute Gasteiger partial charge is 0.497 e. The van der Waals surface area contributed by atoms with Gasteiger partial charge in [-0.2, -0.15) is 0 Å². The third-order valence-electron chi connectivity index (χ3n) is 5.75. The molecule has 0 unspecified atom stereocenters. The van der Waals surface area contributed by atoms with Crippen LogP contribution in [0.15, 0.2) is 54.6 Å². The number of hydrogen-bond acceptors (Lipinski definition) is 5. The molecule has 8 heteroatoms. The monoisotopic (exact) mass is 452 g/mol. The van der Waals surface area contributed by atoms with Crippen molar-refractivity contribution in [3.63, 3.8) is 0 Å². The van der Waals surface area contributed by atoms with Crippen LogP contribution in [-0.2, 0) is 4.79 Å². The summed E-state index contributed by atoms with van der Waals surface area (Å²) in [5.41, 5.74) is 1.27. The van der Waals surface area contributed by atoms with E-state index in [-0.39, 0.29) is 24.4 Å². The van der Waals surface area contributed by atoms with Gasteiger partial charge in [0.15, 0.2) is 0 Å². The fourth-order valence-corrected chi connectivity index (χ4v) is 4.06. The molecule has 1 aliphatic heterocycles. The van der Waals surface area contributed by atoms with Crippen molar-refractivity contribution in [2.75, 3.05) is 38.6 Å². The lowest BCUT2D eigenvalue weighted by Crippen LogP contribution is -2.50. The first-order chi connectivity index (χ1) is 16.0. The first-order valence-corrected chi connectivity index (χ1v) is 11.3. The Kier molecular flexibility index (Phi) is 8.83. The van der Waals surface area contributed by atoms with Crippen molar-refractivity contribution in [2.24, 2.45) is 0 Å². The second kappa shape index (κ2) is 12.0. The number of hydrogen-bond donors (Lipinski definition) is 2. The summed E-state index contributed by atoms with van der Waals surface area (Å²) in [6, 6.07) is 15.8. The predicted octanol–water partition coefficient (Wildman–Crippen LogP) is 3.36. The molecule has 2 aromatic carbocycles. The van der Waals surface area contributed by atoms with Crippen LogP contribution in [0, 0.1) is 0 Å². The van der Waals surface area contributed by atoms with Crippen LogP contribution in [0.5, 0.6) is 5.75 Å². The fraction of sp³-hybridized carbons (Fsp3) is 0.400. The van der Waals surface area contributed by atoms with E-state index in [4.69, 9.17) is 4.74 Å². The highest BCUT2D eigenvalue weighted by atomic mass is 16.5. The normalized spacial score (nSPS) is 14.1. The molecule has 0 aromatic heterocycles. The maximum absolute atomic E-state index is 12.7. The van der Waals surface area contributed by atoms with E-state index < -0.39 is 6.03 Å². The van der Waals surface area contributed by atoms with Crippen molar-refractivity contribution in [3.05, 3.63) is 60.2 Å². The lowest BCUT2D eigenvalue weighted by atomic mass is 10.0. The van der Waals surface area contributed by atoms with Crippen molar-refractivity contribution in [1.29, 1.82) is 0 Å². The standard InChI is InChI=1S/C25H32N4O4/c1-3-15-29(18-23(30)27-25(32)26-20-9-11-22(33-2)12-10-20)21-13-16-28(17-14-21)24(31)19-7-5-4-6-8-19/h4-12,21H,3,13-18H2,1-2H3,(H2,26,27,30,32). The zero-order chi connectivity index (χ0) is 23.6. The lowest BCUT2D eigenvalue weighted by Gasteiger charge is -2.38. The van der Waals surface area contributed by atoms with Gasteiger partial charge in [0.25, 0.3) is 5.91 Å². The number of methoxy groups -OCH3 is 1. The molecule has 1 fully saturated rings. The Hall–Kier alpha value is -3.39. The molecule has 33 heavy (non-hydrogen) atoms. The maximum atomic E-state index is 12.7. The van der Waals surface area contributed by atoms with E-state index in [2.05, 4.69) is 22.5 Å². The van der Waals surface area contributed by atoms with Gasteiger partial charge in [-0.25, -0.2) is 4.79 Å². The molecule has 4 amide bonds. The summed E-state index contributed by atoms with van der Waals surface area (Å²) >= 11 is 0. The first-order valence-electron chi connectivity index (χ1n) is 11.3. The summed E-state index contributed by atoms with van der Waals surface area (Å²) in [6.07, 6.45) is 2.49. The Balaban J connectivity index is 1.49. The molecule has 8 nitrogen and oxygen atoms in total. The number of nitrogens with one attached hydrogen (secondary N) is 2. The zero-order valence-corrected chi connectivity index (χ0v) is 19.3. The number of carbonyl (C=O) groups excluding carboxylic acids is 3. The van der Waals surface area contributed by atoms with Gasteiger partial charge in [0.1, 0.15) is 5.75 Å². The van der Waals surface area contributed by atoms with Gasteiger partial charge in [-0.05, 0) is 62.2 Å². The van der Waals surface area contributed by atoms with Crippen molar-refractivity contribution in [1.82, 2.24) is 15.1 Å². The van der Waals surface area contributed by atoms with Gasteiger partial charge in [0.2, 0.25) is 5.91 Å². The molecule has 0 radical (unpaired) electrons. The summed E-state index contributed by atoms with van der Waals surface area (Å²) in [6.45, 7) is 4.26. The molecule has 0 spiro atoms. The highest BCUT2D eigenvalue weighted by Gasteiger charge is 2.28. The molecule has 0 atom stereocenters. The van der Waals surface area contributed by atoms with Crippen LogP contribution in [0.25, 0.3) is 0 Å². The summed E-state index contributed by atoms with van der Waals surface area (Å²) in [5.74, 6) is 0.380. The average molecular weight is 453 g/mol. The molecule has 3 rings (SSSR count). The smallest absolute Gasteiger partial charge is 0.325 e. The molecule has 0 saturated carbocycles. The average Bonchev–Trinajstić information content (AvgIpc) is 2.84. The fourth-order valence-electron chi connectivity index (χ4n) is 4.06. The van der Waals surface area contributed by atoms with Crippen molar-refractivity contribution in [2.45, 2.75) is 32.2 Å².